The predicted octanol–water partition coefficient (Wildman–Crippen LogP) is 5.37. The average Bonchev–Trinajstić information content (AvgIpc) is 3.18. The number of aromatic nitrogens is 2. The highest BCUT2D eigenvalue weighted by molar-refractivity contribution is 7.73. The first-order valence-electron chi connectivity index (χ1n) is 11.1. The first kappa shape index (κ1) is 23.2. The van der Waals surface area contributed by atoms with Crippen molar-refractivity contribution in [2.45, 2.75) is 33.2 Å². The topological polar surface area (TPSA) is 56.0 Å². The van der Waals surface area contributed by atoms with Gasteiger partial charge in [0.1, 0.15) is 17.9 Å². The lowest BCUT2D eigenvalue weighted by Gasteiger charge is -2.22. The Hall–Kier alpha value is -2.97. The summed E-state index contributed by atoms with van der Waals surface area (Å²) in [4.78, 5) is 29.6. The highest BCUT2D eigenvalue weighted by Crippen LogP contribution is 2.38. The second-order valence-electron chi connectivity index (χ2n) is 7.85. The van der Waals surface area contributed by atoms with Crippen LogP contribution in [-0.4, -0.2) is 40.0 Å². The minimum atomic E-state index is -0.198. The molecule has 0 unspecified atom stereocenters. The lowest BCUT2D eigenvalue weighted by atomic mass is 10.1. The van der Waals surface area contributed by atoms with Crippen LogP contribution in [0.25, 0.3) is 27.0 Å². The third kappa shape index (κ3) is 4.20. The van der Waals surface area contributed by atoms with Gasteiger partial charge < -0.3 is 9.64 Å². The van der Waals surface area contributed by atoms with Gasteiger partial charge in [0.15, 0.2) is 3.95 Å². The van der Waals surface area contributed by atoms with Crippen LogP contribution in [0.15, 0.2) is 53.3 Å². The number of carbonyl (C=O) groups excluding carboxylic acids is 1. The largest absolute Gasteiger partial charge is 0.496 e. The SMILES string of the molecule is CCCN(CCC)C(=O)Cn1c(=O)c2ccccc2n2c(=S)sc(-c3ccccc3OC)c12. The Morgan fingerprint density at radius 2 is 1.73 bits per heavy atom. The number of para-hydroxylation sites is 2. The summed E-state index contributed by atoms with van der Waals surface area (Å²) in [5.41, 5.74) is 2.01. The number of thiazole rings is 1. The molecule has 0 radical (unpaired) electrons. The van der Waals surface area contributed by atoms with Crippen LogP contribution >= 0.6 is 23.6 Å². The van der Waals surface area contributed by atoms with Gasteiger partial charge in [-0.1, -0.05) is 38.1 Å². The van der Waals surface area contributed by atoms with E-state index in [0.717, 1.165) is 28.8 Å². The molecule has 0 N–H and O–H groups in total. The molecule has 1 amide bonds. The van der Waals surface area contributed by atoms with Gasteiger partial charge in [0.2, 0.25) is 5.91 Å². The van der Waals surface area contributed by atoms with Crippen LogP contribution in [-0.2, 0) is 11.3 Å². The zero-order chi connectivity index (χ0) is 23.5. The van der Waals surface area contributed by atoms with Gasteiger partial charge in [0, 0.05) is 18.7 Å². The maximum absolute atomic E-state index is 13.7. The number of rotatable bonds is 8. The molecule has 2 aromatic heterocycles. The Kier molecular flexibility index (Phi) is 6.95. The Bertz CT molecular complexity index is 1430. The van der Waals surface area contributed by atoms with Crippen LogP contribution < -0.4 is 10.3 Å². The van der Waals surface area contributed by atoms with Crippen molar-refractivity contribution in [2.75, 3.05) is 20.2 Å². The van der Waals surface area contributed by atoms with E-state index >= 15 is 0 Å². The van der Waals surface area contributed by atoms with Crippen molar-refractivity contribution in [2.24, 2.45) is 0 Å². The highest BCUT2D eigenvalue weighted by atomic mass is 32.1. The Labute approximate surface area is 201 Å². The summed E-state index contributed by atoms with van der Waals surface area (Å²) >= 11 is 7.18. The Morgan fingerprint density at radius 1 is 1.06 bits per heavy atom. The molecule has 0 spiro atoms. The first-order chi connectivity index (χ1) is 16.0. The van der Waals surface area contributed by atoms with Crippen LogP contribution in [0.5, 0.6) is 5.75 Å². The summed E-state index contributed by atoms with van der Waals surface area (Å²) in [5, 5.41) is 0.538. The fourth-order valence-corrected chi connectivity index (χ4v) is 5.66. The summed E-state index contributed by atoms with van der Waals surface area (Å²) in [6.07, 6.45) is 1.73. The zero-order valence-electron chi connectivity index (χ0n) is 19.0. The molecule has 0 saturated carbocycles. The van der Waals surface area contributed by atoms with Crippen molar-refractivity contribution in [1.29, 1.82) is 0 Å². The molecule has 4 aromatic rings. The van der Waals surface area contributed by atoms with E-state index in [-0.39, 0.29) is 18.0 Å². The molecule has 0 fully saturated rings. The lowest BCUT2D eigenvalue weighted by Crippen LogP contribution is -2.38. The summed E-state index contributed by atoms with van der Waals surface area (Å²) in [6, 6.07) is 15.1. The van der Waals surface area contributed by atoms with Gasteiger partial charge >= 0.3 is 0 Å². The molecule has 0 aliphatic rings. The number of amides is 1. The van der Waals surface area contributed by atoms with E-state index < -0.39 is 0 Å². The second kappa shape index (κ2) is 9.89. The number of benzene rings is 2. The summed E-state index contributed by atoms with van der Waals surface area (Å²) in [6.45, 7) is 5.39. The minimum absolute atomic E-state index is 0.0408. The van der Waals surface area contributed by atoms with Gasteiger partial charge in [0.05, 0.1) is 22.9 Å². The molecule has 2 aromatic carbocycles. The monoisotopic (exact) mass is 481 g/mol. The number of hydrogen-bond acceptors (Lipinski definition) is 5. The van der Waals surface area contributed by atoms with E-state index in [1.165, 1.54) is 11.3 Å². The molecule has 0 bridgehead atoms. The molecule has 4 rings (SSSR count). The summed E-state index contributed by atoms with van der Waals surface area (Å²) in [7, 11) is 1.62. The van der Waals surface area contributed by atoms with Gasteiger partial charge in [-0.05, 0) is 49.3 Å². The van der Waals surface area contributed by atoms with Crippen LogP contribution in [0.1, 0.15) is 26.7 Å². The van der Waals surface area contributed by atoms with Crippen molar-refractivity contribution in [3.8, 4) is 16.2 Å². The van der Waals surface area contributed by atoms with E-state index in [1.807, 2.05) is 65.6 Å². The van der Waals surface area contributed by atoms with E-state index in [1.54, 1.807) is 17.7 Å². The molecule has 0 aliphatic carbocycles. The van der Waals surface area contributed by atoms with Gasteiger partial charge in [-0.25, -0.2) is 0 Å². The van der Waals surface area contributed by atoms with Gasteiger partial charge in [-0.15, -0.1) is 11.3 Å². The maximum atomic E-state index is 13.7. The first-order valence-corrected chi connectivity index (χ1v) is 12.3. The third-order valence-corrected chi connectivity index (χ3v) is 7.04. The van der Waals surface area contributed by atoms with E-state index in [9.17, 15) is 9.59 Å². The van der Waals surface area contributed by atoms with E-state index in [2.05, 4.69) is 0 Å². The van der Waals surface area contributed by atoms with Crippen molar-refractivity contribution in [3.63, 3.8) is 0 Å². The molecule has 2 heterocycles. The maximum Gasteiger partial charge on any atom is 0.262 e. The third-order valence-electron chi connectivity index (χ3n) is 5.65. The Morgan fingerprint density at radius 3 is 2.42 bits per heavy atom. The van der Waals surface area contributed by atoms with E-state index in [4.69, 9.17) is 17.0 Å². The van der Waals surface area contributed by atoms with Crippen molar-refractivity contribution >= 4 is 46.0 Å². The molecule has 33 heavy (non-hydrogen) atoms. The van der Waals surface area contributed by atoms with Crippen LogP contribution in [0.2, 0.25) is 0 Å². The molecule has 0 aliphatic heterocycles. The van der Waals surface area contributed by atoms with Crippen molar-refractivity contribution in [3.05, 3.63) is 62.8 Å². The summed E-state index contributed by atoms with van der Waals surface area (Å²) < 4.78 is 9.71. The quantitative estimate of drug-likeness (QED) is 0.318. The summed E-state index contributed by atoms with van der Waals surface area (Å²) in [5.74, 6) is 0.620. The predicted molar refractivity (Wildman–Crippen MR) is 137 cm³/mol. The van der Waals surface area contributed by atoms with Gasteiger partial charge in [-0.3, -0.25) is 18.6 Å². The van der Waals surface area contributed by atoms with Crippen molar-refractivity contribution < 1.29 is 9.53 Å². The number of methoxy groups -OCH3 is 1. The fourth-order valence-electron chi connectivity index (χ4n) is 4.20. The second-order valence-corrected chi connectivity index (χ2v) is 9.49. The fraction of sp³-hybridized carbons (Fsp3) is 0.320. The number of nitrogens with zero attached hydrogens (tertiary/aromatic N) is 3. The molecule has 172 valence electrons. The molecular formula is C25H27N3O3S2. The number of hydrogen-bond donors (Lipinski definition) is 0. The lowest BCUT2D eigenvalue weighted by molar-refractivity contribution is -0.131. The van der Waals surface area contributed by atoms with Gasteiger partial charge in [-0.2, -0.15) is 0 Å². The molecular weight excluding hydrogens is 454 g/mol. The van der Waals surface area contributed by atoms with Gasteiger partial charge in [0.25, 0.3) is 5.56 Å². The standard InChI is InChI=1S/C25H27N3O3S2/c1-4-14-26(15-5-2)21(29)16-27-23-22(18-11-7-9-13-20(18)31-3)33-25(32)28(23)19-12-8-6-10-17(19)24(27)30/h6-13H,4-5,14-16H2,1-3H3. The molecule has 0 atom stereocenters. The van der Waals surface area contributed by atoms with Crippen LogP contribution in [0.4, 0.5) is 0 Å². The Balaban J connectivity index is 2.04. The van der Waals surface area contributed by atoms with Crippen LogP contribution in [0, 0.1) is 3.95 Å². The smallest absolute Gasteiger partial charge is 0.262 e. The minimum Gasteiger partial charge on any atom is -0.496 e. The van der Waals surface area contributed by atoms with E-state index in [0.29, 0.717) is 33.8 Å². The van der Waals surface area contributed by atoms with Crippen molar-refractivity contribution in [1.82, 2.24) is 13.9 Å². The number of ether oxygens (including phenoxy) is 1. The molecule has 0 saturated heterocycles. The molecule has 6 nitrogen and oxygen atoms in total. The van der Waals surface area contributed by atoms with Crippen LogP contribution in [0.3, 0.4) is 0 Å². The highest BCUT2D eigenvalue weighted by Gasteiger charge is 2.22. The number of carbonyl (C=O) groups is 1. The molecule has 8 heteroatoms. The number of fused-ring (bicyclic) bond motifs is 3. The average molecular weight is 482 g/mol. The zero-order valence-corrected chi connectivity index (χ0v) is 20.7. The normalized spacial score (nSPS) is 11.2.